The Morgan fingerprint density at radius 3 is 2.40 bits per heavy atom. The van der Waals surface area contributed by atoms with Gasteiger partial charge in [-0.3, -0.25) is 4.57 Å². The first-order chi connectivity index (χ1) is 6.83. The molecule has 0 radical (unpaired) electrons. The van der Waals surface area contributed by atoms with Crippen LogP contribution < -0.4 is 0 Å². The molecule has 0 saturated carbocycles. The minimum absolute atomic E-state index is 0.110. The van der Waals surface area contributed by atoms with Crippen LogP contribution in [0.25, 0.3) is 0 Å². The lowest BCUT2D eigenvalue weighted by molar-refractivity contribution is -0.139. The maximum atomic E-state index is 10.9. The summed E-state index contributed by atoms with van der Waals surface area (Å²) in [6.07, 6.45) is 1.57. The van der Waals surface area contributed by atoms with E-state index >= 15 is 0 Å². The van der Waals surface area contributed by atoms with Crippen LogP contribution in [0.3, 0.4) is 0 Å². The fourth-order valence-corrected chi connectivity index (χ4v) is 1.52. The van der Waals surface area contributed by atoms with Crippen LogP contribution in [0.15, 0.2) is 12.2 Å². The first kappa shape index (κ1) is 14.4. The number of esters is 1. The fourth-order valence-electron chi connectivity index (χ4n) is 0.885. The van der Waals surface area contributed by atoms with Crippen molar-refractivity contribution in [1.82, 2.24) is 0 Å². The molecule has 0 aromatic rings. The summed E-state index contributed by atoms with van der Waals surface area (Å²) in [5.41, 5.74) is 0.352. The van der Waals surface area contributed by atoms with E-state index in [4.69, 9.17) is 14.5 Å². The summed E-state index contributed by atoms with van der Waals surface area (Å²) >= 11 is 0. The Kier molecular flexibility index (Phi) is 6.48. The Labute approximate surface area is 89.3 Å². The molecule has 0 atom stereocenters. The van der Waals surface area contributed by atoms with Crippen LogP contribution in [0.2, 0.25) is 0 Å². The zero-order valence-electron chi connectivity index (χ0n) is 8.81. The van der Waals surface area contributed by atoms with Crippen molar-refractivity contribution in [3.05, 3.63) is 12.2 Å². The molecule has 0 saturated heterocycles. The van der Waals surface area contributed by atoms with Gasteiger partial charge in [-0.05, 0) is 26.2 Å². The van der Waals surface area contributed by atoms with Crippen molar-refractivity contribution in [2.24, 2.45) is 0 Å². The van der Waals surface area contributed by atoms with E-state index in [1.165, 1.54) is 0 Å². The Balaban J connectivity index is 3.37. The van der Waals surface area contributed by atoms with E-state index in [1.807, 2.05) is 0 Å². The van der Waals surface area contributed by atoms with E-state index in [2.05, 4.69) is 6.58 Å². The van der Waals surface area contributed by atoms with E-state index in [0.29, 0.717) is 24.8 Å². The second-order valence-corrected chi connectivity index (χ2v) is 5.14. The summed E-state index contributed by atoms with van der Waals surface area (Å²) in [7, 11) is -3.87. The van der Waals surface area contributed by atoms with Crippen LogP contribution in [0, 0.1) is 0 Å². The zero-order valence-corrected chi connectivity index (χ0v) is 9.70. The molecule has 0 heterocycles. The summed E-state index contributed by atoms with van der Waals surface area (Å²) in [4.78, 5) is 28.0. The van der Waals surface area contributed by atoms with Gasteiger partial charge in [-0.1, -0.05) is 6.58 Å². The predicted molar refractivity (Wildman–Crippen MR) is 56.5 cm³/mol. The smallest absolute Gasteiger partial charge is 0.333 e. The molecule has 6 heteroatoms. The maximum Gasteiger partial charge on any atom is 0.333 e. The van der Waals surface area contributed by atoms with Gasteiger partial charge in [0.2, 0.25) is 0 Å². The molecule has 15 heavy (non-hydrogen) atoms. The van der Waals surface area contributed by atoms with E-state index in [9.17, 15) is 9.36 Å². The Bertz CT molecular complexity index is 268. The van der Waals surface area contributed by atoms with Gasteiger partial charge >= 0.3 is 13.6 Å². The highest BCUT2D eigenvalue weighted by molar-refractivity contribution is 7.51. The summed E-state index contributed by atoms with van der Waals surface area (Å²) < 4.78 is 15.3. The lowest BCUT2D eigenvalue weighted by Crippen LogP contribution is -2.06. The molecule has 0 aliphatic rings. The topological polar surface area (TPSA) is 83.8 Å². The van der Waals surface area contributed by atoms with Crippen LogP contribution in [0.4, 0.5) is 0 Å². The molecule has 0 aliphatic carbocycles. The molecule has 0 aromatic heterocycles. The largest absolute Gasteiger partial charge is 0.462 e. The summed E-state index contributed by atoms with van der Waals surface area (Å²) in [6, 6.07) is 0. The van der Waals surface area contributed by atoms with Gasteiger partial charge in [0.15, 0.2) is 0 Å². The highest BCUT2D eigenvalue weighted by Crippen LogP contribution is 2.35. The molecule has 0 amide bonds. The Hall–Kier alpha value is -0.640. The van der Waals surface area contributed by atoms with Crippen LogP contribution in [-0.2, 0) is 14.1 Å². The lowest BCUT2D eigenvalue weighted by Gasteiger charge is -2.05. The minimum Gasteiger partial charge on any atom is -0.462 e. The molecule has 0 aromatic carbocycles. The van der Waals surface area contributed by atoms with Gasteiger partial charge < -0.3 is 14.5 Å². The van der Waals surface area contributed by atoms with E-state index in [0.717, 1.165) is 0 Å². The second-order valence-electron chi connectivity index (χ2n) is 3.37. The van der Waals surface area contributed by atoms with Crippen LogP contribution in [0.5, 0.6) is 0 Å². The van der Waals surface area contributed by atoms with Crippen molar-refractivity contribution in [2.45, 2.75) is 26.2 Å². The highest BCUT2D eigenvalue weighted by Gasteiger charge is 2.11. The molecule has 0 spiro atoms. The number of hydrogen-bond acceptors (Lipinski definition) is 3. The zero-order chi connectivity index (χ0) is 11.9. The fraction of sp³-hybridized carbons (Fsp3) is 0.667. The number of hydrogen-bond donors (Lipinski definition) is 2. The van der Waals surface area contributed by atoms with Gasteiger partial charge in [0.25, 0.3) is 0 Å². The SMILES string of the molecule is C=C(C)C(=O)OCCCCCP(=O)(O)O. The monoisotopic (exact) mass is 236 g/mol. The van der Waals surface area contributed by atoms with E-state index in [-0.39, 0.29) is 12.8 Å². The number of unbranched alkanes of at least 4 members (excludes halogenated alkanes) is 2. The third-order valence-electron chi connectivity index (χ3n) is 1.68. The molecular weight excluding hydrogens is 219 g/mol. The molecule has 5 nitrogen and oxygen atoms in total. The van der Waals surface area contributed by atoms with Gasteiger partial charge in [-0.2, -0.15) is 0 Å². The molecule has 0 bridgehead atoms. The molecular formula is C9H17O5P. The van der Waals surface area contributed by atoms with Gasteiger partial charge in [-0.15, -0.1) is 0 Å². The van der Waals surface area contributed by atoms with Gasteiger partial charge in [-0.25, -0.2) is 4.79 Å². The number of ether oxygens (including phenoxy) is 1. The van der Waals surface area contributed by atoms with Gasteiger partial charge in [0, 0.05) is 11.7 Å². The predicted octanol–water partition coefficient (Wildman–Crippen LogP) is 1.45. The van der Waals surface area contributed by atoms with Gasteiger partial charge in [0.05, 0.1) is 6.61 Å². The lowest BCUT2D eigenvalue weighted by atomic mass is 10.3. The number of rotatable bonds is 7. The maximum absolute atomic E-state index is 10.9. The van der Waals surface area contributed by atoms with Crippen molar-refractivity contribution in [2.75, 3.05) is 12.8 Å². The third kappa shape index (κ3) is 9.66. The molecule has 0 aliphatic heterocycles. The van der Waals surface area contributed by atoms with Crippen molar-refractivity contribution < 1.29 is 23.9 Å². The number of carbonyl (C=O) groups excluding carboxylic acids is 1. The summed E-state index contributed by atoms with van der Waals surface area (Å²) in [6.45, 7) is 5.26. The third-order valence-corrected chi connectivity index (χ3v) is 2.57. The molecule has 2 N–H and O–H groups in total. The van der Waals surface area contributed by atoms with Crippen LogP contribution >= 0.6 is 7.60 Å². The highest BCUT2D eigenvalue weighted by atomic mass is 31.2. The van der Waals surface area contributed by atoms with Crippen molar-refractivity contribution >= 4 is 13.6 Å². The van der Waals surface area contributed by atoms with Crippen molar-refractivity contribution in [3.63, 3.8) is 0 Å². The van der Waals surface area contributed by atoms with Crippen molar-refractivity contribution in [1.29, 1.82) is 0 Å². The average molecular weight is 236 g/mol. The first-order valence-corrected chi connectivity index (χ1v) is 6.50. The molecule has 0 unspecified atom stereocenters. The summed E-state index contributed by atoms with van der Waals surface area (Å²) in [5.74, 6) is -0.426. The van der Waals surface area contributed by atoms with Gasteiger partial charge in [0.1, 0.15) is 0 Å². The average Bonchev–Trinajstić information content (AvgIpc) is 2.08. The molecule has 88 valence electrons. The van der Waals surface area contributed by atoms with Crippen LogP contribution in [0.1, 0.15) is 26.2 Å². The quantitative estimate of drug-likeness (QED) is 0.302. The normalized spacial score (nSPS) is 11.1. The number of carbonyl (C=O) groups is 1. The van der Waals surface area contributed by atoms with E-state index < -0.39 is 13.6 Å². The molecule has 0 rings (SSSR count). The van der Waals surface area contributed by atoms with Crippen LogP contribution in [-0.4, -0.2) is 28.5 Å². The second kappa shape index (κ2) is 6.77. The summed E-state index contributed by atoms with van der Waals surface area (Å²) in [5, 5.41) is 0. The van der Waals surface area contributed by atoms with Crippen molar-refractivity contribution in [3.8, 4) is 0 Å². The standard InChI is InChI=1S/C9H17O5P/c1-8(2)9(10)14-6-4-3-5-7-15(11,12)13/h1,3-7H2,2H3,(H2,11,12,13). The molecule has 0 fully saturated rings. The minimum atomic E-state index is -3.87. The van der Waals surface area contributed by atoms with E-state index in [1.54, 1.807) is 6.92 Å². The first-order valence-electron chi connectivity index (χ1n) is 4.70. The Morgan fingerprint density at radius 1 is 1.33 bits per heavy atom. The Morgan fingerprint density at radius 2 is 1.93 bits per heavy atom.